The van der Waals surface area contributed by atoms with Gasteiger partial charge in [0.2, 0.25) is 0 Å². The van der Waals surface area contributed by atoms with Crippen molar-refractivity contribution in [2.45, 2.75) is 13.8 Å². The molecular formula is C19H19ClN2O3. The second-order valence-electron chi connectivity index (χ2n) is 6.33. The standard InChI is InChI=1S/C19H19ClN2O3/c1-12(2)10-22-16-7-6-15(9-17(16)25-11-18(22)23)21-19(24)13-4-3-5-14(20)8-13/h3-9,12H,10-11H2,1-2H3,(H,21,24). The number of carbonyl (C=O) groups is 2. The van der Waals surface area contributed by atoms with Crippen LogP contribution in [0.25, 0.3) is 0 Å². The molecule has 2 aromatic carbocycles. The van der Waals surface area contributed by atoms with E-state index in [-0.39, 0.29) is 18.4 Å². The summed E-state index contributed by atoms with van der Waals surface area (Å²) in [5.74, 6) is 0.617. The zero-order valence-corrected chi connectivity index (χ0v) is 14.8. The van der Waals surface area contributed by atoms with Gasteiger partial charge in [-0.2, -0.15) is 0 Å². The number of anilines is 2. The molecular weight excluding hydrogens is 340 g/mol. The summed E-state index contributed by atoms with van der Waals surface area (Å²) in [6.07, 6.45) is 0. The van der Waals surface area contributed by atoms with Crippen LogP contribution in [-0.4, -0.2) is 25.0 Å². The Morgan fingerprint density at radius 2 is 2.08 bits per heavy atom. The van der Waals surface area contributed by atoms with Crippen molar-refractivity contribution in [2.75, 3.05) is 23.4 Å². The predicted molar refractivity (Wildman–Crippen MR) is 98.5 cm³/mol. The van der Waals surface area contributed by atoms with Crippen molar-refractivity contribution >= 4 is 34.8 Å². The van der Waals surface area contributed by atoms with Gasteiger partial charge in [-0.15, -0.1) is 0 Å². The van der Waals surface area contributed by atoms with Crippen molar-refractivity contribution in [3.8, 4) is 5.75 Å². The average molecular weight is 359 g/mol. The Morgan fingerprint density at radius 1 is 1.28 bits per heavy atom. The van der Waals surface area contributed by atoms with Crippen LogP contribution in [0.1, 0.15) is 24.2 Å². The molecule has 0 radical (unpaired) electrons. The van der Waals surface area contributed by atoms with Crippen LogP contribution in [0.2, 0.25) is 5.02 Å². The van der Waals surface area contributed by atoms with Crippen molar-refractivity contribution in [3.05, 3.63) is 53.1 Å². The molecule has 0 spiro atoms. The van der Waals surface area contributed by atoms with Crippen LogP contribution in [0, 0.1) is 5.92 Å². The molecule has 0 unspecified atom stereocenters. The Hall–Kier alpha value is -2.53. The fourth-order valence-corrected chi connectivity index (χ4v) is 2.87. The van der Waals surface area contributed by atoms with Crippen LogP contribution >= 0.6 is 11.6 Å². The second kappa shape index (κ2) is 7.15. The van der Waals surface area contributed by atoms with Gasteiger partial charge in [0.05, 0.1) is 5.69 Å². The van der Waals surface area contributed by atoms with Crippen LogP contribution in [-0.2, 0) is 4.79 Å². The molecule has 6 heteroatoms. The van der Waals surface area contributed by atoms with Crippen molar-refractivity contribution < 1.29 is 14.3 Å². The van der Waals surface area contributed by atoms with Gasteiger partial charge in [0.25, 0.3) is 11.8 Å². The van der Waals surface area contributed by atoms with Crippen molar-refractivity contribution in [3.63, 3.8) is 0 Å². The van der Waals surface area contributed by atoms with E-state index in [9.17, 15) is 9.59 Å². The van der Waals surface area contributed by atoms with Gasteiger partial charge < -0.3 is 15.0 Å². The van der Waals surface area contributed by atoms with E-state index in [0.717, 1.165) is 5.69 Å². The minimum absolute atomic E-state index is 0.00537. The Labute approximate surface area is 151 Å². The SMILES string of the molecule is CC(C)CN1C(=O)COc2cc(NC(=O)c3cccc(Cl)c3)ccc21. The highest BCUT2D eigenvalue weighted by atomic mass is 35.5. The van der Waals surface area contributed by atoms with E-state index < -0.39 is 0 Å². The first-order valence-electron chi connectivity index (χ1n) is 8.08. The van der Waals surface area contributed by atoms with Gasteiger partial charge in [-0.05, 0) is 36.2 Å². The molecule has 1 aliphatic heterocycles. The maximum atomic E-state index is 12.3. The Balaban J connectivity index is 1.81. The number of ether oxygens (including phenoxy) is 1. The van der Waals surface area contributed by atoms with Crippen LogP contribution in [0.5, 0.6) is 5.75 Å². The highest BCUT2D eigenvalue weighted by Crippen LogP contribution is 2.35. The molecule has 1 N–H and O–H groups in total. The summed E-state index contributed by atoms with van der Waals surface area (Å²) in [6, 6.07) is 12.0. The molecule has 25 heavy (non-hydrogen) atoms. The lowest BCUT2D eigenvalue weighted by Crippen LogP contribution is -2.40. The number of amides is 2. The second-order valence-corrected chi connectivity index (χ2v) is 6.77. The van der Waals surface area contributed by atoms with E-state index in [4.69, 9.17) is 16.3 Å². The predicted octanol–water partition coefficient (Wildman–Crippen LogP) is 3.97. The number of halogens is 1. The lowest BCUT2D eigenvalue weighted by molar-refractivity contribution is -0.121. The maximum Gasteiger partial charge on any atom is 0.265 e. The van der Waals surface area contributed by atoms with Gasteiger partial charge in [-0.3, -0.25) is 9.59 Å². The molecule has 2 aromatic rings. The fraction of sp³-hybridized carbons (Fsp3) is 0.263. The monoisotopic (exact) mass is 358 g/mol. The summed E-state index contributed by atoms with van der Waals surface area (Å²) in [5, 5.41) is 3.33. The highest BCUT2D eigenvalue weighted by Gasteiger charge is 2.26. The normalized spacial score (nSPS) is 13.4. The van der Waals surface area contributed by atoms with Crippen LogP contribution in [0.15, 0.2) is 42.5 Å². The van der Waals surface area contributed by atoms with Gasteiger partial charge in [0, 0.05) is 28.9 Å². The molecule has 0 saturated heterocycles. The molecule has 0 atom stereocenters. The Morgan fingerprint density at radius 3 is 2.80 bits per heavy atom. The minimum atomic E-state index is -0.256. The lowest BCUT2D eigenvalue weighted by atomic mass is 10.1. The van der Waals surface area contributed by atoms with Gasteiger partial charge in [0.15, 0.2) is 6.61 Å². The molecule has 1 heterocycles. The highest BCUT2D eigenvalue weighted by molar-refractivity contribution is 6.31. The zero-order valence-electron chi connectivity index (χ0n) is 14.1. The number of carbonyl (C=O) groups excluding carboxylic acids is 2. The third-order valence-corrected chi connectivity index (χ3v) is 4.03. The quantitative estimate of drug-likeness (QED) is 0.899. The van der Waals surface area contributed by atoms with Gasteiger partial charge in [0.1, 0.15) is 5.75 Å². The summed E-state index contributed by atoms with van der Waals surface area (Å²) in [5.41, 5.74) is 1.80. The van der Waals surface area contributed by atoms with E-state index in [0.29, 0.717) is 34.5 Å². The molecule has 3 rings (SSSR count). The number of rotatable bonds is 4. The largest absolute Gasteiger partial charge is 0.481 e. The summed E-state index contributed by atoms with van der Waals surface area (Å²) in [7, 11) is 0. The van der Waals surface area contributed by atoms with Crippen LogP contribution in [0.3, 0.4) is 0 Å². The number of hydrogen-bond acceptors (Lipinski definition) is 3. The van der Waals surface area contributed by atoms with Gasteiger partial charge >= 0.3 is 0 Å². The first-order chi connectivity index (χ1) is 11.9. The third kappa shape index (κ3) is 3.94. The summed E-state index contributed by atoms with van der Waals surface area (Å²) < 4.78 is 5.53. The maximum absolute atomic E-state index is 12.3. The average Bonchev–Trinajstić information content (AvgIpc) is 2.57. The van der Waals surface area contributed by atoms with Crippen molar-refractivity contribution in [2.24, 2.45) is 5.92 Å². The first-order valence-corrected chi connectivity index (χ1v) is 8.46. The molecule has 0 fully saturated rings. The molecule has 1 aliphatic rings. The number of benzene rings is 2. The first kappa shape index (κ1) is 17.3. The van der Waals surface area contributed by atoms with Gasteiger partial charge in [-0.1, -0.05) is 31.5 Å². The van der Waals surface area contributed by atoms with E-state index in [1.165, 1.54) is 0 Å². The number of hydrogen-bond donors (Lipinski definition) is 1. The van der Waals surface area contributed by atoms with Gasteiger partial charge in [-0.25, -0.2) is 0 Å². The van der Waals surface area contributed by atoms with Crippen molar-refractivity contribution in [1.29, 1.82) is 0 Å². The van der Waals surface area contributed by atoms with E-state index in [1.807, 2.05) is 0 Å². The fourth-order valence-electron chi connectivity index (χ4n) is 2.68. The molecule has 2 amide bonds. The third-order valence-electron chi connectivity index (χ3n) is 3.80. The molecule has 0 bridgehead atoms. The zero-order chi connectivity index (χ0) is 18.0. The number of nitrogens with one attached hydrogen (secondary N) is 1. The van der Waals surface area contributed by atoms with Crippen LogP contribution in [0.4, 0.5) is 11.4 Å². The smallest absolute Gasteiger partial charge is 0.265 e. The number of nitrogens with zero attached hydrogens (tertiary/aromatic N) is 1. The number of fused-ring (bicyclic) bond motifs is 1. The molecule has 0 aromatic heterocycles. The summed E-state index contributed by atoms with van der Waals surface area (Å²) >= 11 is 5.92. The van der Waals surface area contributed by atoms with E-state index in [2.05, 4.69) is 19.2 Å². The minimum Gasteiger partial charge on any atom is -0.481 e. The molecule has 0 saturated carbocycles. The molecule has 0 aliphatic carbocycles. The summed E-state index contributed by atoms with van der Waals surface area (Å²) in [6.45, 7) is 4.75. The Bertz CT molecular complexity index is 820. The lowest BCUT2D eigenvalue weighted by Gasteiger charge is -2.31. The van der Waals surface area contributed by atoms with E-state index >= 15 is 0 Å². The van der Waals surface area contributed by atoms with Crippen LogP contribution < -0.4 is 15.0 Å². The topological polar surface area (TPSA) is 58.6 Å². The Kier molecular flexibility index (Phi) is 4.95. The van der Waals surface area contributed by atoms with E-state index in [1.54, 1.807) is 47.4 Å². The summed E-state index contributed by atoms with van der Waals surface area (Å²) in [4.78, 5) is 26.1. The molecule has 130 valence electrons. The van der Waals surface area contributed by atoms with Crippen molar-refractivity contribution in [1.82, 2.24) is 0 Å². The molecule has 5 nitrogen and oxygen atoms in total.